The van der Waals surface area contributed by atoms with Crippen LogP contribution in [-0.4, -0.2) is 41.1 Å². The Balaban J connectivity index is 2.70. The van der Waals surface area contributed by atoms with E-state index in [0.29, 0.717) is 24.7 Å². The van der Waals surface area contributed by atoms with Gasteiger partial charge in [0.15, 0.2) is 0 Å². The van der Waals surface area contributed by atoms with Crippen molar-refractivity contribution < 1.29 is 14.7 Å². The van der Waals surface area contributed by atoms with E-state index < -0.39 is 11.4 Å². The predicted octanol–water partition coefficient (Wildman–Crippen LogP) is 2.95. The predicted molar refractivity (Wildman–Crippen MR) is 83.2 cm³/mol. The van der Waals surface area contributed by atoms with Crippen molar-refractivity contribution in [2.75, 3.05) is 13.1 Å². The number of carbonyl (C=O) groups excluding carboxylic acids is 1. The lowest BCUT2D eigenvalue weighted by atomic mass is 9.82. The fourth-order valence-electron chi connectivity index (χ4n) is 3.21. The lowest BCUT2D eigenvalue weighted by Crippen LogP contribution is -2.54. The molecule has 0 spiro atoms. The van der Waals surface area contributed by atoms with Crippen molar-refractivity contribution in [1.82, 2.24) is 10.2 Å². The number of urea groups is 1. The van der Waals surface area contributed by atoms with Gasteiger partial charge in [-0.15, -0.1) is 0 Å². The van der Waals surface area contributed by atoms with Gasteiger partial charge < -0.3 is 15.3 Å². The van der Waals surface area contributed by atoms with Crippen LogP contribution in [0.3, 0.4) is 0 Å². The van der Waals surface area contributed by atoms with Gasteiger partial charge in [0, 0.05) is 19.1 Å². The number of hydrogen-bond donors (Lipinski definition) is 2. The Labute approximate surface area is 128 Å². The van der Waals surface area contributed by atoms with Gasteiger partial charge in [0.1, 0.15) is 0 Å². The Morgan fingerprint density at radius 1 is 1.24 bits per heavy atom. The SMILES string of the molecule is CCC(CC)(CNC(=O)N1CC(C)CC(C)C1C)C(=O)O. The largest absolute Gasteiger partial charge is 0.481 e. The molecule has 0 bridgehead atoms. The molecule has 5 heteroatoms. The molecular weight excluding hydrogens is 268 g/mol. The van der Waals surface area contributed by atoms with E-state index in [1.54, 1.807) is 0 Å². The molecule has 2 amide bonds. The quantitative estimate of drug-likeness (QED) is 0.820. The van der Waals surface area contributed by atoms with Crippen LogP contribution in [-0.2, 0) is 4.79 Å². The Morgan fingerprint density at radius 3 is 2.29 bits per heavy atom. The second-order valence-corrected chi connectivity index (χ2v) is 6.66. The zero-order chi connectivity index (χ0) is 16.2. The Bertz CT molecular complexity index is 380. The molecule has 1 fully saturated rings. The standard InChI is InChI=1S/C16H30N2O3/c1-6-16(7-2,14(19)20)10-17-15(21)18-9-11(3)8-12(4)13(18)5/h11-13H,6-10H2,1-5H3,(H,17,21)(H,19,20). The number of amides is 2. The molecule has 3 atom stereocenters. The molecule has 0 saturated carbocycles. The number of piperidine rings is 1. The number of hydrogen-bond acceptors (Lipinski definition) is 2. The molecule has 21 heavy (non-hydrogen) atoms. The third kappa shape index (κ3) is 3.89. The van der Waals surface area contributed by atoms with Crippen LogP contribution in [0.1, 0.15) is 53.9 Å². The fraction of sp³-hybridized carbons (Fsp3) is 0.875. The van der Waals surface area contributed by atoms with E-state index in [0.717, 1.165) is 13.0 Å². The molecule has 1 heterocycles. The minimum absolute atomic E-state index is 0.131. The number of carboxylic acid groups (broad SMARTS) is 1. The van der Waals surface area contributed by atoms with Crippen LogP contribution in [0.4, 0.5) is 4.79 Å². The summed E-state index contributed by atoms with van der Waals surface area (Å²) in [6.45, 7) is 11.0. The topological polar surface area (TPSA) is 69.6 Å². The van der Waals surface area contributed by atoms with Gasteiger partial charge in [0.2, 0.25) is 0 Å². The summed E-state index contributed by atoms with van der Waals surface area (Å²) in [7, 11) is 0. The van der Waals surface area contributed by atoms with Crippen molar-refractivity contribution in [3.05, 3.63) is 0 Å². The van der Waals surface area contributed by atoms with Gasteiger partial charge in [0.25, 0.3) is 0 Å². The second-order valence-electron chi connectivity index (χ2n) is 6.66. The van der Waals surface area contributed by atoms with E-state index in [2.05, 4.69) is 26.1 Å². The zero-order valence-electron chi connectivity index (χ0n) is 14.0. The highest BCUT2D eigenvalue weighted by Gasteiger charge is 2.37. The molecule has 0 aromatic carbocycles. The van der Waals surface area contributed by atoms with Gasteiger partial charge in [-0.3, -0.25) is 4.79 Å². The third-order valence-electron chi connectivity index (χ3n) is 5.24. The first-order valence-electron chi connectivity index (χ1n) is 8.05. The summed E-state index contributed by atoms with van der Waals surface area (Å²) in [4.78, 5) is 25.8. The van der Waals surface area contributed by atoms with Gasteiger partial charge >= 0.3 is 12.0 Å². The highest BCUT2D eigenvalue weighted by atomic mass is 16.4. The summed E-state index contributed by atoms with van der Waals surface area (Å²) < 4.78 is 0. The maximum atomic E-state index is 12.4. The molecule has 0 radical (unpaired) electrons. The summed E-state index contributed by atoms with van der Waals surface area (Å²) in [5.41, 5.74) is -0.855. The van der Waals surface area contributed by atoms with Gasteiger partial charge in [-0.25, -0.2) is 4.79 Å². The molecule has 0 aliphatic carbocycles. The summed E-state index contributed by atoms with van der Waals surface area (Å²) >= 11 is 0. The van der Waals surface area contributed by atoms with Crippen LogP contribution in [0.2, 0.25) is 0 Å². The number of aliphatic carboxylic acids is 1. The minimum Gasteiger partial charge on any atom is -0.481 e. The van der Waals surface area contributed by atoms with Crippen LogP contribution in [0.5, 0.6) is 0 Å². The number of carboxylic acids is 1. The van der Waals surface area contributed by atoms with Gasteiger partial charge in [-0.05, 0) is 38.0 Å². The minimum atomic E-state index is -0.855. The zero-order valence-corrected chi connectivity index (χ0v) is 14.0. The lowest BCUT2D eigenvalue weighted by molar-refractivity contribution is -0.149. The van der Waals surface area contributed by atoms with Crippen molar-refractivity contribution in [1.29, 1.82) is 0 Å². The molecule has 0 aromatic rings. The van der Waals surface area contributed by atoms with Crippen molar-refractivity contribution in [2.45, 2.75) is 59.9 Å². The third-order valence-corrected chi connectivity index (χ3v) is 5.24. The average Bonchev–Trinajstić information content (AvgIpc) is 2.43. The van der Waals surface area contributed by atoms with Crippen molar-refractivity contribution >= 4 is 12.0 Å². The van der Waals surface area contributed by atoms with Gasteiger partial charge in [0.05, 0.1) is 5.41 Å². The monoisotopic (exact) mass is 298 g/mol. The molecule has 122 valence electrons. The number of rotatable bonds is 5. The fourth-order valence-corrected chi connectivity index (χ4v) is 3.21. The Hall–Kier alpha value is -1.26. The van der Waals surface area contributed by atoms with Gasteiger partial charge in [-0.2, -0.15) is 0 Å². The first kappa shape index (κ1) is 17.8. The van der Waals surface area contributed by atoms with Crippen molar-refractivity contribution in [3.8, 4) is 0 Å². The molecule has 3 unspecified atom stereocenters. The first-order chi connectivity index (χ1) is 9.77. The Morgan fingerprint density at radius 2 is 1.81 bits per heavy atom. The highest BCUT2D eigenvalue weighted by molar-refractivity contribution is 5.78. The van der Waals surface area contributed by atoms with Gasteiger partial charge in [-0.1, -0.05) is 27.7 Å². The summed E-state index contributed by atoms with van der Waals surface area (Å²) in [5.74, 6) is 0.130. The molecule has 1 saturated heterocycles. The van der Waals surface area contributed by atoms with E-state index in [-0.39, 0.29) is 18.6 Å². The molecule has 5 nitrogen and oxygen atoms in total. The van der Waals surface area contributed by atoms with Crippen LogP contribution in [0.15, 0.2) is 0 Å². The average molecular weight is 298 g/mol. The molecular formula is C16H30N2O3. The number of likely N-dealkylation sites (tertiary alicyclic amines) is 1. The van der Waals surface area contributed by atoms with E-state index in [4.69, 9.17) is 0 Å². The van der Waals surface area contributed by atoms with Crippen LogP contribution < -0.4 is 5.32 Å². The summed E-state index contributed by atoms with van der Waals surface area (Å²) in [6.07, 6.45) is 2.16. The second kappa shape index (κ2) is 7.14. The number of nitrogens with one attached hydrogen (secondary N) is 1. The molecule has 0 aromatic heterocycles. The van der Waals surface area contributed by atoms with Crippen LogP contribution in [0.25, 0.3) is 0 Å². The maximum absolute atomic E-state index is 12.4. The molecule has 1 aliphatic rings. The van der Waals surface area contributed by atoms with Crippen molar-refractivity contribution in [2.24, 2.45) is 17.3 Å². The summed E-state index contributed by atoms with van der Waals surface area (Å²) in [5, 5.41) is 12.3. The molecule has 1 aliphatic heterocycles. The molecule has 2 N–H and O–H groups in total. The van der Waals surface area contributed by atoms with E-state index in [9.17, 15) is 14.7 Å². The first-order valence-corrected chi connectivity index (χ1v) is 8.05. The van der Waals surface area contributed by atoms with Crippen LogP contribution in [0, 0.1) is 17.3 Å². The van der Waals surface area contributed by atoms with Crippen molar-refractivity contribution in [3.63, 3.8) is 0 Å². The molecule has 1 rings (SSSR count). The van der Waals surface area contributed by atoms with E-state index >= 15 is 0 Å². The van der Waals surface area contributed by atoms with E-state index in [1.807, 2.05) is 18.7 Å². The highest BCUT2D eigenvalue weighted by Crippen LogP contribution is 2.28. The summed E-state index contributed by atoms with van der Waals surface area (Å²) in [6, 6.07) is 0.0668. The van der Waals surface area contributed by atoms with Crippen LogP contribution >= 0.6 is 0 Å². The van der Waals surface area contributed by atoms with E-state index in [1.165, 1.54) is 0 Å². The maximum Gasteiger partial charge on any atom is 0.317 e. The number of carbonyl (C=O) groups is 2. The Kier molecular flexibility index (Phi) is 6.05. The number of nitrogens with zero attached hydrogens (tertiary/aromatic N) is 1. The normalized spacial score (nSPS) is 26.5. The smallest absolute Gasteiger partial charge is 0.317 e. The lowest BCUT2D eigenvalue weighted by Gasteiger charge is -2.41.